The minimum atomic E-state index is -3.75. The molecule has 0 spiro atoms. The van der Waals surface area contributed by atoms with Crippen molar-refractivity contribution < 1.29 is 12.8 Å². The Labute approximate surface area is 108 Å². The first-order valence-electron chi connectivity index (χ1n) is 5.04. The molecule has 3 N–H and O–H groups in total. The van der Waals surface area contributed by atoms with Crippen LogP contribution in [0.5, 0.6) is 0 Å². The molecule has 0 fully saturated rings. The molecule has 1 aromatic heterocycles. The third-order valence-corrected chi connectivity index (χ3v) is 4.36. The number of hydrogen-bond acceptors (Lipinski definition) is 4. The summed E-state index contributed by atoms with van der Waals surface area (Å²) in [6.07, 6.45) is 0. The Hall–Kier alpha value is -1.44. The van der Waals surface area contributed by atoms with Gasteiger partial charge in [-0.1, -0.05) is 0 Å². The van der Waals surface area contributed by atoms with E-state index in [4.69, 9.17) is 5.73 Å². The quantitative estimate of drug-likeness (QED) is 0.844. The number of sulfonamides is 1. The van der Waals surface area contributed by atoms with Gasteiger partial charge in [-0.25, -0.2) is 17.5 Å². The van der Waals surface area contributed by atoms with E-state index in [1.165, 1.54) is 17.4 Å². The van der Waals surface area contributed by atoms with Crippen molar-refractivity contribution in [3.63, 3.8) is 0 Å². The molecule has 0 saturated carbocycles. The molecule has 0 aliphatic heterocycles. The third kappa shape index (κ3) is 3.06. The summed E-state index contributed by atoms with van der Waals surface area (Å²) in [5, 5.41) is 3.69. The zero-order chi connectivity index (χ0) is 13.2. The van der Waals surface area contributed by atoms with Crippen LogP contribution in [-0.4, -0.2) is 8.42 Å². The maximum atomic E-state index is 13.1. The van der Waals surface area contributed by atoms with Crippen molar-refractivity contribution in [2.45, 2.75) is 11.4 Å². The van der Waals surface area contributed by atoms with Crippen LogP contribution in [-0.2, 0) is 16.6 Å². The Kier molecular flexibility index (Phi) is 3.65. The van der Waals surface area contributed by atoms with E-state index < -0.39 is 15.8 Å². The lowest BCUT2D eigenvalue weighted by Crippen LogP contribution is -2.23. The fraction of sp³-hybridized carbons (Fsp3) is 0.0909. The van der Waals surface area contributed by atoms with Gasteiger partial charge in [-0.2, -0.15) is 11.3 Å². The van der Waals surface area contributed by atoms with Crippen molar-refractivity contribution in [3.8, 4) is 0 Å². The zero-order valence-electron chi connectivity index (χ0n) is 9.26. The maximum Gasteiger partial charge on any atom is 0.241 e. The molecular weight excluding hydrogens is 275 g/mol. The lowest BCUT2D eigenvalue weighted by Gasteiger charge is -2.06. The number of anilines is 1. The van der Waals surface area contributed by atoms with Crippen LogP contribution < -0.4 is 10.5 Å². The first-order chi connectivity index (χ1) is 8.47. The van der Waals surface area contributed by atoms with Crippen LogP contribution in [0, 0.1) is 5.82 Å². The molecule has 0 saturated heterocycles. The van der Waals surface area contributed by atoms with Crippen molar-refractivity contribution in [2.75, 3.05) is 5.73 Å². The summed E-state index contributed by atoms with van der Waals surface area (Å²) in [7, 11) is -3.75. The van der Waals surface area contributed by atoms with Crippen LogP contribution in [0.4, 0.5) is 10.1 Å². The van der Waals surface area contributed by atoms with Crippen LogP contribution in [0.3, 0.4) is 0 Å². The van der Waals surface area contributed by atoms with E-state index in [1.807, 2.05) is 16.8 Å². The molecule has 0 amide bonds. The summed E-state index contributed by atoms with van der Waals surface area (Å²) < 4.78 is 39.3. The summed E-state index contributed by atoms with van der Waals surface area (Å²) in [5.74, 6) is -0.675. The predicted octanol–water partition coefficient (Wildman–Crippen LogP) is 1.95. The van der Waals surface area contributed by atoms with Crippen molar-refractivity contribution in [1.82, 2.24) is 4.72 Å². The second-order valence-electron chi connectivity index (χ2n) is 3.68. The van der Waals surface area contributed by atoms with Gasteiger partial charge in [0.2, 0.25) is 10.0 Å². The van der Waals surface area contributed by atoms with Gasteiger partial charge in [0, 0.05) is 12.2 Å². The Bertz CT molecular complexity index is 619. The van der Waals surface area contributed by atoms with E-state index in [0.717, 1.165) is 17.7 Å². The highest BCUT2D eigenvalue weighted by Crippen LogP contribution is 2.16. The molecule has 2 rings (SSSR count). The molecule has 7 heteroatoms. The van der Waals surface area contributed by atoms with E-state index in [1.54, 1.807) is 0 Å². The van der Waals surface area contributed by atoms with E-state index in [0.29, 0.717) is 0 Å². The van der Waals surface area contributed by atoms with Crippen LogP contribution in [0.15, 0.2) is 39.9 Å². The third-order valence-electron chi connectivity index (χ3n) is 2.25. The normalized spacial score (nSPS) is 11.6. The minimum absolute atomic E-state index is 0.0749. The average molecular weight is 286 g/mol. The summed E-state index contributed by atoms with van der Waals surface area (Å²) in [6.45, 7) is 0.169. The molecule has 2 aromatic rings. The highest BCUT2D eigenvalue weighted by molar-refractivity contribution is 7.89. The van der Waals surface area contributed by atoms with E-state index in [-0.39, 0.29) is 17.1 Å². The van der Waals surface area contributed by atoms with Crippen molar-refractivity contribution in [3.05, 3.63) is 46.4 Å². The second-order valence-corrected chi connectivity index (χ2v) is 6.22. The van der Waals surface area contributed by atoms with Crippen LogP contribution in [0.25, 0.3) is 0 Å². The topological polar surface area (TPSA) is 72.2 Å². The molecule has 18 heavy (non-hydrogen) atoms. The number of rotatable bonds is 4. The standard InChI is InChI=1S/C11H11FN2O2S2/c12-9-3-10(13)5-11(4-9)18(15,16)14-6-8-1-2-17-7-8/h1-5,7,14H,6,13H2. The summed E-state index contributed by atoms with van der Waals surface area (Å²) in [4.78, 5) is -0.171. The molecule has 0 bridgehead atoms. The Balaban J connectivity index is 2.20. The van der Waals surface area contributed by atoms with Gasteiger partial charge in [0.25, 0.3) is 0 Å². The number of nitrogens with two attached hydrogens (primary N) is 1. The molecule has 0 aliphatic rings. The van der Waals surface area contributed by atoms with Crippen molar-refractivity contribution in [2.24, 2.45) is 0 Å². The van der Waals surface area contributed by atoms with E-state index >= 15 is 0 Å². The summed E-state index contributed by atoms with van der Waals surface area (Å²) >= 11 is 1.48. The van der Waals surface area contributed by atoms with E-state index in [9.17, 15) is 12.8 Å². The van der Waals surface area contributed by atoms with Gasteiger partial charge < -0.3 is 5.73 Å². The van der Waals surface area contributed by atoms with Gasteiger partial charge in [0.1, 0.15) is 5.82 Å². The first-order valence-corrected chi connectivity index (χ1v) is 7.47. The SMILES string of the molecule is Nc1cc(F)cc(S(=O)(=O)NCc2ccsc2)c1. The van der Waals surface area contributed by atoms with Crippen LogP contribution in [0.1, 0.15) is 5.56 Å². The maximum absolute atomic E-state index is 13.1. The Morgan fingerprint density at radius 2 is 2.11 bits per heavy atom. The molecule has 0 aliphatic carbocycles. The van der Waals surface area contributed by atoms with Gasteiger partial charge in [0.05, 0.1) is 4.90 Å². The fourth-order valence-electron chi connectivity index (χ4n) is 1.39. The molecular formula is C11H11FN2O2S2. The number of benzene rings is 1. The monoisotopic (exact) mass is 286 g/mol. The van der Waals surface area contributed by atoms with Gasteiger partial charge in [-0.15, -0.1) is 0 Å². The predicted molar refractivity (Wildman–Crippen MR) is 69.2 cm³/mol. The van der Waals surface area contributed by atoms with Gasteiger partial charge in [-0.05, 0) is 40.6 Å². The van der Waals surface area contributed by atoms with Crippen molar-refractivity contribution >= 4 is 27.0 Å². The molecule has 1 heterocycles. The largest absolute Gasteiger partial charge is 0.399 e. The van der Waals surface area contributed by atoms with E-state index in [2.05, 4.69) is 4.72 Å². The Morgan fingerprint density at radius 1 is 1.33 bits per heavy atom. The van der Waals surface area contributed by atoms with Gasteiger partial charge in [0.15, 0.2) is 0 Å². The van der Waals surface area contributed by atoms with Gasteiger partial charge >= 0.3 is 0 Å². The summed E-state index contributed by atoms with van der Waals surface area (Å²) in [6, 6.07) is 5.04. The number of nitrogen functional groups attached to an aromatic ring is 1. The number of thiophene rings is 1. The second kappa shape index (κ2) is 5.05. The number of hydrogen-bond donors (Lipinski definition) is 2. The minimum Gasteiger partial charge on any atom is -0.399 e. The fourth-order valence-corrected chi connectivity index (χ4v) is 3.15. The summed E-state index contributed by atoms with van der Waals surface area (Å²) in [5.41, 5.74) is 6.35. The highest BCUT2D eigenvalue weighted by Gasteiger charge is 2.15. The number of halogens is 1. The number of nitrogens with one attached hydrogen (secondary N) is 1. The molecule has 0 atom stereocenters. The molecule has 0 radical (unpaired) electrons. The van der Waals surface area contributed by atoms with Gasteiger partial charge in [-0.3, -0.25) is 0 Å². The lowest BCUT2D eigenvalue weighted by molar-refractivity contribution is 0.577. The van der Waals surface area contributed by atoms with Crippen molar-refractivity contribution in [1.29, 1.82) is 0 Å². The molecule has 96 valence electrons. The Morgan fingerprint density at radius 3 is 2.72 bits per heavy atom. The smallest absolute Gasteiger partial charge is 0.241 e. The average Bonchev–Trinajstić information content (AvgIpc) is 2.78. The molecule has 0 unspecified atom stereocenters. The lowest BCUT2D eigenvalue weighted by atomic mass is 10.3. The van der Waals surface area contributed by atoms with Crippen LogP contribution in [0.2, 0.25) is 0 Å². The molecule has 1 aromatic carbocycles. The highest BCUT2D eigenvalue weighted by atomic mass is 32.2. The van der Waals surface area contributed by atoms with Crippen LogP contribution >= 0.6 is 11.3 Å². The molecule has 4 nitrogen and oxygen atoms in total. The zero-order valence-corrected chi connectivity index (χ0v) is 10.9. The first kappa shape index (κ1) is 13.0.